The van der Waals surface area contributed by atoms with Crippen molar-refractivity contribution in [3.63, 3.8) is 0 Å². The summed E-state index contributed by atoms with van der Waals surface area (Å²) >= 11 is 12.4. The summed E-state index contributed by atoms with van der Waals surface area (Å²) in [4.78, 5) is 22.2. The Morgan fingerprint density at radius 3 is 1.62 bits per heavy atom. The highest BCUT2D eigenvalue weighted by Gasteiger charge is 2.33. The number of Topliss-reactive ketones (excluding diaryl/α,β-unsaturated/α-hetero) is 1. The Labute approximate surface area is 194 Å². The molecule has 0 fully saturated rings. The van der Waals surface area contributed by atoms with E-state index in [0.29, 0.717) is 21.2 Å². The molecule has 0 spiro atoms. The monoisotopic (exact) mass is 470 g/mol. The normalized spacial score (nSPS) is 13.1. The average molecular weight is 471 g/mol. The van der Waals surface area contributed by atoms with E-state index < -0.39 is 11.8 Å². The maximum atomic E-state index is 14.0. The van der Waals surface area contributed by atoms with Crippen molar-refractivity contribution in [2.45, 2.75) is 24.9 Å². The predicted octanol–water partition coefficient (Wildman–Crippen LogP) is 4.63. The van der Waals surface area contributed by atoms with Gasteiger partial charge >= 0.3 is 0 Å². The Kier molecular flexibility index (Phi) is 6.48. The minimum atomic E-state index is -0.769. The first-order chi connectivity index (χ1) is 15.4. The van der Waals surface area contributed by atoms with E-state index in [9.17, 15) is 15.0 Å². The highest BCUT2D eigenvalue weighted by molar-refractivity contribution is 6.31. The Bertz CT molecular complexity index is 1120. The lowest BCUT2D eigenvalue weighted by molar-refractivity contribution is -0.122. The standard InChI is InChI=1S/C23H20Cl2N4O3/c24-15-1-3-21(30)17(9-15)19(11-28-7-5-26-13-28)23(32)20(12-29-8-6-27-14-29)18-10-16(25)2-4-22(18)31/h1-10,13-14,19-20,30-31H,11-12H2. The lowest BCUT2D eigenvalue weighted by atomic mass is 9.82. The number of imidazole rings is 2. The first-order valence-corrected chi connectivity index (χ1v) is 10.6. The molecule has 2 N–H and O–H groups in total. The Morgan fingerprint density at radius 1 is 0.812 bits per heavy atom. The summed E-state index contributed by atoms with van der Waals surface area (Å²) in [6.45, 7) is 0.461. The number of ketones is 1. The van der Waals surface area contributed by atoms with Gasteiger partial charge in [-0.2, -0.15) is 0 Å². The molecule has 7 nitrogen and oxygen atoms in total. The zero-order valence-electron chi connectivity index (χ0n) is 16.8. The molecule has 164 valence electrons. The van der Waals surface area contributed by atoms with Crippen molar-refractivity contribution in [3.05, 3.63) is 95.0 Å². The van der Waals surface area contributed by atoms with Crippen molar-refractivity contribution in [2.24, 2.45) is 0 Å². The zero-order chi connectivity index (χ0) is 22.7. The summed E-state index contributed by atoms with van der Waals surface area (Å²) in [5.41, 5.74) is 0.793. The molecule has 0 saturated carbocycles. The number of nitrogens with zero attached hydrogens (tertiary/aromatic N) is 4. The highest BCUT2D eigenvalue weighted by atomic mass is 35.5. The maximum absolute atomic E-state index is 14.0. The largest absolute Gasteiger partial charge is 0.508 e. The Morgan fingerprint density at radius 2 is 1.25 bits per heavy atom. The van der Waals surface area contributed by atoms with Crippen molar-refractivity contribution >= 4 is 29.0 Å². The van der Waals surface area contributed by atoms with Crippen LogP contribution in [-0.2, 0) is 17.9 Å². The van der Waals surface area contributed by atoms with Crippen LogP contribution in [0.4, 0.5) is 0 Å². The number of aromatic hydroxyl groups is 2. The van der Waals surface area contributed by atoms with E-state index in [4.69, 9.17) is 23.2 Å². The van der Waals surface area contributed by atoms with Gasteiger partial charge in [-0.1, -0.05) is 23.2 Å². The molecule has 0 aliphatic carbocycles. The fourth-order valence-electron chi connectivity index (χ4n) is 3.75. The third-order valence-corrected chi connectivity index (χ3v) is 5.79. The number of phenols is 2. The lowest BCUT2D eigenvalue weighted by Gasteiger charge is -2.25. The first-order valence-electron chi connectivity index (χ1n) is 9.84. The summed E-state index contributed by atoms with van der Waals surface area (Å²) in [5, 5.41) is 21.9. The molecule has 0 aliphatic heterocycles. The van der Waals surface area contributed by atoms with Gasteiger partial charge in [0.05, 0.1) is 24.5 Å². The molecule has 4 aromatic rings. The van der Waals surface area contributed by atoms with Crippen LogP contribution in [0.15, 0.2) is 73.8 Å². The number of rotatable bonds is 8. The first kappa shape index (κ1) is 21.9. The van der Waals surface area contributed by atoms with E-state index in [1.165, 1.54) is 12.1 Å². The third kappa shape index (κ3) is 4.79. The summed E-state index contributed by atoms with van der Waals surface area (Å²) in [6, 6.07) is 9.22. The number of hydrogen-bond donors (Lipinski definition) is 2. The summed E-state index contributed by atoms with van der Waals surface area (Å²) in [5.74, 6) is -1.83. The van der Waals surface area contributed by atoms with Gasteiger partial charge in [-0.15, -0.1) is 0 Å². The minimum absolute atomic E-state index is 0.0374. The number of phenolic OH excluding ortho intramolecular Hbond substituents is 2. The van der Waals surface area contributed by atoms with Gasteiger partial charge in [-0.05, 0) is 36.4 Å². The minimum Gasteiger partial charge on any atom is -0.508 e. The maximum Gasteiger partial charge on any atom is 0.151 e. The number of halogens is 2. The molecule has 32 heavy (non-hydrogen) atoms. The Balaban J connectivity index is 1.81. The van der Waals surface area contributed by atoms with Gasteiger partial charge in [0.2, 0.25) is 0 Å². The van der Waals surface area contributed by atoms with E-state index in [-0.39, 0.29) is 30.4 Å². The van der Waals surface area contributed by atoms with Gasteiger partial charge in [0.15, 0.2) is 5.78 Å². The smallest absolute Gasteiger partial charge is 0.151 e. The highest BCUT2D eigenvalue weighted by Crippen LogP contribution is 2.38. The molecule has 0 amide bonds. The SMILES string of the molecule is O=C(C(Cn1ccnc1)c1cc(Cl)ccc1O)C(Cn1ccnc1)c1cc(Cl)ccc1O. The molecule has 2 atom stereocenters. The van der Waals surface area contributed by atoms with Crippen LogP contribution in [0, 0.1) is 0 Å². The quantitative estimate of drug-likeness (QED) is 0.391. The van der Waals surface area contributed by atoms with Gasteiger partial charge in [-0.3, -0.25) is 4.79 Å². The van der Waals surface area contributed by atoms with E-state index in [0.717, 1.165) is 0 Å². The number of hydrogen-bond acceptors (Lipinski definition) is 5. The molecule has 9 heteroatoms. The number of carbonyl (C=O) groups excluding carboxylic acids is 1. The molecule has 0 radical (unpaired) electrons. The second kappa shape index (κ2) is 9.46. The van der Waals surface area contributed by atoms with Crippen LogP contribution in [0.1, 0.15) is 23.0 Å². The molecular formula is C23H20Cl2N4O3. The fourth-order valence-corrected chi connectivity index (χ4v) is 4.11. The molecule has 2 unspecified atom stereocenters. The van der Waals surface area contributed by atoms with Gasteiger partial charge in [-0.25, -0.2) is 9.97 Å². The number of aromatic nitrogens is 4. The number of benzene rings is 2. The molecule has 2 heterocycles. The van der Waals surface area contributed by atoms with Crippen molar-refractivity contribution < 1.29 is 15.0 Å². The van der Waals surface area contributed by atoms with Crippen molar-refractivity contribution in [1.82, 2.24) is 19.1 Å². The van der Waals surface area contributed by atoms with E-state index in [1.807, 2.05) is 0 Å². The van der Waals surface area contributed by atoms with E-state index >= 15 is 0 Å². The van der Waals surface area contributed by atoms with E-state index in [1.54, 1.807) is 70.8 Å². The van der Waals surface area contributed by atoms with Gasteiger partial charge in [0.25, 0.3) is 0 Å². The predicted molar refractivity (Wildman–Crippen MR) is 121 cm³/mol. The second-order valence-electron chi connectivity index (χ2n) is 7.43. The van der Waals surface area contributed by atoms with Gasteiger partial charge in [0, 0.05) is 59.0 Å². The fraction of sp³-hybridized carbons (Fsp3) is 0.174. The number of carbonyl (C=O) groups is 1. The van der Waals surface area contributed by atoms with Crippen molar-refractivity contribution in [2.75, 3.05) is 0 Å². The van der Waals surface area contributed by atoms with Crippen LogP contribution >= 0.6 is 23.2 Å². The second-order valence-corrected chi connectivity index (χ2v) is 8.31. The average Bonchev–Trinajstić information content (AvgIpc) is 3.48. The van der Waals surface area contributed by atoms with Crippen LogP contribution in [-0.4, -0.2) is 35.1 Å². The molecule has 2 aromatic heterocycles. The van der Waals surface area contributed by atoms with Crippen molar-refractivity contribution in [3.8, 4) is 11.5 Å². The molecule has 0 bridgehead atoms. The molecule has 4 rings (SSSR count). The molecular weight excluding hydrogens is 451 g/mol. The molecule has 0 aliphatic rings. The molecule has 2 aromatic carbocycles. The summed E-state index contributed by atoms with van der Waals surface area (Å²) in [6.07, 6.45) is 9.91. The van der Waals surface area contributed by atoms with Gasteiger partial charge in [0.1, 0.15) is 11.5 Å². The summed E-state index contributed by atoms with van der Waals surface area (Å²) < 4.78 is 3.52. The van der Waals surface area contributed by atoms with Crippen LogP contribution in [0.3, 0.4) is 0 Å². The van der Waals surface area contributed by atoms with Crippen molar-refractivity contribution in [1.29, 1.82) is 0 Å². The lowest BCUT2D eigenvalue weighted by Crippen LogP contribution is -2.27. The third-order valence-electron chi connectivity index (χ3n) is 5.32. The van der Waals surface area contributed by atoms with Crippen LogP contribution in [0.2, 0.25) is 10.0 Å². The topological polar surface area (TPSA) is 93.2 Å². The zero-order valence-corrected chi connectivity index (χ0v) is 18.4. The van der Waals surface area contributed by atoms with Crippen LogP contribution < -0.4 is 0 Å². The van der Waals surface area contributed by atoms with Crippen LogP contribution in [0.5, 0.6) is 11.5 Å². The van der Waals surface area contributed by atoms with Gasteiger partial charge < -0.3 is 19.3 Å². The Hall–Kier alpha value is -3.29. The summed E-state index contributed by atoms with van der Waals surface area (Å²) in [7, 11) is 0. The molecule has 0 saturated heterocycles. The van der Waals surface area contributed by atoms with E-state index in [2.05, 4.69) is 9.97 Å². The van der Waals surface area contributed by atoms with Crippen LogP contribution in [0.25, 0.3) is 0 Å².